The fourth-order valence-corrected chi connectivity index (χ4v) is 1.60. The van der Waals surface area contributed by atoms with Crippen molar-refractivity contribution in [3.05, 3.63) is 26.9 Å². The van der Waals surface area contributed by atoms with Crippen molar-refractivity contribution < 1.29 is 9.50 Å². The Bertz CT molecular complexity index is 275. The molecule has 0 aliphatic heterocycles. The summed E-state index contributed by atoms with van der Waals surface area (Å²) in [5, 5.41) is 9.24. The molecule has 1 nitrogen and oxygen atoms in total. The Kier molecular flexibility index (Phi) is 2.40. The van der Waals surface area contributed by atoms with E-state index in [0.717, 1.165) is 0 Å². The standard InChI is InChI=1S/C7H5BrClFO/c1-3-2-4(9)7(11)5(8)6(3)10/h2,11H,1H3. The lowest BCUT2D eigenvalue weighted by molar-refractivity contribution is 0.463. The van der Waals surface area contributed by atoms with Crippen LogP contribution in [-0.2, 0) is 0 Å². The SMILES string of the molecule is Cc1cc(Cl)c(O)c(Br)c1F. The van der Waals surface area contributed by atoms with Gasteiger partial charge in [-0.2, -0.15) is 0 Å². The van der Waals surface area contributed by atoms with E-state index in [1.54, 1.807) is 6.92 Å². The summed E-state index contributed by atoms with van der Waals surface area (Å²) in [6, 6.07) is 1.37. The number of aromatic hydroxyl groups is 1. The maximum absolute atomic E-state index is 12.9. The number of halogens is 3. The van der Waals surface area contributed by atoms with Gasteiger partial charge in [0.15, 0.2) is 5.75 Å². The number of phenolic OH excluding ortho intramolecular Hbond substituents is 1. The highest BCUT2D eigenvalue weighted by Crippen LogP contribution is 2.35. The van der Waals surface area contributed by atoms with E-state index < -0.39 is 5.82 Å². The van der Waals surface area contributed by atoms with Crippen LogP contribution in [0.5, 0.6) is 5.75 Å². The highest BCUT2D eigenvalue weighted by molar-refractivity contribution is 9.10. The number of hydrogen-bond donors (Lipinski definition) is 1. The summed E-state index contributed by atoms with van der Waals surface area (Å²) in [6.45, 7) is 1.57. The monoisotopic (exact) mass is 238 g/mol. The molecule has 1 aromatic carbocycles. The second kappa shape index (κ2) is 2.99. The first-order valence-electron chi connectivity index (χ1n) is 2.87. The van der Waals surface area contributed by atoms with E-state index in [-0.39, 0.29) is 15.2 Å². The van der Waals surface area contributed by atoms with Crippen molar-refractivity contribution in [1.82, 2.24) is 0 Å². The van der Waals surface area contributed by atoms with E-state index in [2.05, 4.69) is 15.9 Å². The predicted molar refractivity (Wildman–Crippen MR) is 45.5 cm³/mol. The quantitative estimate of drug-likeness (QED) is 0.689. The van der Waals surface area contributed by atoms with E-state index in [0.29, 0.717) is 5.56 Å². The average molecular weight is 239 g/mol. The van der Waals surface area contributed by atoms with Crippen LogP contribution in [0.4, 0.5) is 4.39 Å². The second-order valence-corrected chi connectivity index (χ2v) is 3.35. The second-order valence-electron chi connectivity index (χ2n) is 2.15. The molecule has 0 saturated carbocycles. The molecule has 0 bridgehead atoms. The third-order valence-electron chi connectivity index (χ3n) is 1.32. The van der Waals surface area contributed by atoms with Crippen molar-refractivity contribution in [2.45, 2.75) is 6.92 Å². The summed E-state index contributed by atoms with van der Waals surface area (Å²) in [5.41, 5.74) is 0.402. The van der Waals surface area contributed by atoms with Gasteiger partial charge >= 0.3 is 0 Å². The maximum atomic E-state index is 12.9. The van der Waals surface area contributed by atoms with Crippen molar-refractivity contribution >= 4 is 27.5 Å². The van der Waals surface area contributed by atoms with Crippen molar-refractivity contribution in [2.24, 2.45) is 0 Å². The molecule has 0 unspecified atom stereocenters. The lowest BCUT2D eigenvalue weighted by Gasteiger charge is -2.03. The van der Waals surface area contributed by atoms with E-state index in [1.807, 2.05) is 0 Å². The summed E-state index contributed by atoms with van der Waals surface area (Å²) in [4.78, 5) is 0. The van der Waals surface area contributed by atoms with Crippen molar-refractivity contribution in [3.8, 4) is 5.75 Å². The molecule has 0 aliphatic carbocycles. The average Bonchev–Trinajstić information content (AvgIpc) is 1.97. The number of rotatable bonds is 0. The van der Waals surface area contributed by atoms with Crippen LogP contribution in [0.3, 0.4) is 0 Å². The Morgan fingerprint density at radius 3 is 2.73 bits per heavy atom. The van der Waals surface area contributed by atoms with Crippen LogP contribution in [0, 0.1) is 12.7 Å². The van der Waals surface area contributed by atoms with Crippen LogP contribution in [0.25, 0.3) is 0 Å². The fourth-order valence-electron chi connectivity index (χ4n) is 0.704. The van der Waals surface area contributed by atoms with Crippen LogP contribution in [-0.4, -0.2) is 5.11 Å². The van der Waals surface area contributed by atoms with Gasteiger partial charge in [0.25, 0.3) is 0 Å². The Balaban J connectivity index is 3.46. The van der Waals surface area contributed by atoms with Crippen molar-refractivity contribution in [3.63, 3.8) is 0 Å². The summed E-state index contributed by atoms with van der Waals surface area (Å²) in [7, 11) is 0. The van der Waals surface area contributed by atoms with Gasteiger partial charge < -0.3 is 5.11 Å². The lowest BCUT2D eigenvalue weighted by atomic mass is 10.2. The zero-order valence-electron chi connectivity index (χ0n) is 5.66. The molecular weight excluding hydrogens is 234 g/mol. The number of benzene rings is 1. The molecule has 11 heavy (non-hydrogen) atoms. The highest BCUT2D eigenvalue weighted by atomic mass is 79.9. The molecule has 1 aromatic rings. The number of aryl methyl sites for hydroxylation is 1. The van der Waals surface area contributed by atoms with Crippen molar-refractivity contribution in [2.75, 3.05) is 0 Å². The van der Waals surface area contributed by atoms with E-state index in [9.17, 15) is 4.39 Å². The zero-order valence-corrected chi connectivity index (χ0v) is 8.00. The third kappa shape index (κ3) is 1.49. The molecule has 0 aliphatic rings. The van der Waals surface area contributed by atoms with E-state index in [1.165, 1.54) is 6.07 Å². The molecular formula is C7H5BrClFO. The molecule has 0 spiro atoms. The first-order valence-corrected chi connectivity index (χ1v) is 4.04. The van der Waals surface area contributed by atoms with Gasteiger partial charge in [0.05, 0.1) is 9.50 Å². The van der Waals surface area contributed by atoms with Gasteiger partial charge in [-0.25, -0.2) is 4.39 Å². The molecule has 0 heterocycles. The molecule has 0 fully saturated rings. The molecule has 0 atom stereocenters. The van der Waals surface area contributed by atoms with E-state index in [4.69, 9.17) is 16.7 Å². The van der Waals surface area contributed by atoms with E-state index >= 15 is 0 Å². The van der Waals surface area contributed by atoms with Crippen LogP contribution >= 0.6 is 27.5 Å². The van der Waals surface area contributed by atoms with Gasteiger partial charge in [-0.05, 0) is 34.5 Å². The molecule has 1 N–H and O–H groups in total. The molecule has 0 saturated heterocycles. The summed E-state index contributed by atoms with van der Waals surface area (Å²) < 4.78 is 12.9. The first kappa shape index (κ1) is 8.81. The molecule has 1 rings (SSSR count). The van der Waals surface area contributed by atoms with Gasteiger partial charge in [-0.3, -0.25) is 0 Å². The van der Waals surface area contributed by atoms with Crippen molar-refractivity contribution in [1.29, 1.82) is 0 Å². The zero-order chi connectivity index (χ0) is 8.59. The largest absolute Gasteiger partial charge is 0.505 e. The summed E-state index contributed by atoms with van der Waals surface area (Å²) in [5.74, 6) is -0.735. The van der Waals surface area contributed by atoms with Gasteiger partial charge in [-0.1, -0.05) is 11.6 Å². The normalized spacial score (nSPS) is 10.2. The first-order chi connectivity index (χ1) is 5.04. The summed E-state index contributed by atoms with van der Waals surface area (Å²) in [6.07, 6.45) is 0. The highest BCUT2D eigenvalue weighted by Gasteiger charge is 2.11. The predicted octanol–water partition coefficient (Wildman–Crippen LogP) is 3.26. The molecule has 0 aromatic heterocycles. The summed E-state index contributed by atoms with van der Waals surface area (Å²) >= 11 is 8.42. The Hall–Kier alpha value is -0.280. The van der Waals surface area contributed by atoms with Crippen LogP contribution in [0.2, 0.25) is 5.02 Å². The smallest absolute Gasteiger partial charge is 0.151 e. The van der Waals surface area contributed by atoms with Crippen LogP contribution in [0.1, 0.15) is 5.56 Å². The Labute approximate surface area is 76.9 Å². The molecule has 0 amide bonds. The minimum atomic E-state index is -0.480. The Morgan fingerprint density at radius 1 is 1.64 bits per heavy atom. The fraction of sp³-hybridized carbons (Fsp3) is 0.143. The minimum Gasteiger partial charge on any atom is -0.505 e. The van der Waals surface area contributed by atoms with Crippen LogP contribution < -0.4 is 0 Å². The lowest BCUT2D eigenvalue weighted by Crippen LogP contribution is -1.84. The number of phenols is 1. The Morgan fingerprint density at radius 2 is 2.18 bits per heavy atom. The molecule has 60 valence electrons. The number of hydrogen-bond acceptors (Lipinski definition) is 1. The topological polar surface area (TPSA) is 20.2 Å². The van der Waals surface area contributed by atoms with Gasteiger partial charge in [0.2, 0.25) is 0 Å². The minimum absolute atomic E-state index is 0.0162. The van der Waals surface area contributed by atoms with Crippen LogP contribution in [0.15, 0.2) is 10.5 Å². The van der Waals surface area contributed by atoms with Gasteiger partial charge in [-0.15, -0.1) is 0 Å². The third-order valence-corrected chi connectivity index (χ3v) is 2.33. The molecule has 4 heteroatoms. The maximum Gasteiger partial charge on any atom is 0.151 e. The molecule has 0 radical (unpaired) electrons. The van der Waals surface area contributed by atoms with Gasteiger partial charge in [0, 0.05) is 0 Å². The van der Waals surface area contributed by atoms with Gasteiger partial charge in [0.1, 0.15) is 5.82 Å².